The number of pyridine rings is 1. The van der Waals surface area contributed by atoms with Crippen LogP contribution in [0.25, 0.3) is 10.2 Å². The molecule has 0 aromatic carbocycles. The number of amides is 1. The summed E-state index contributed by atoms with van der Waals surface area (Å²) in [5.41, 5.74) is 1.90. The number of thiophene rings is 1. The van der Waals surface area contributed by atoms with Gasteiger partial charge in [0.1, 0.15) is 16.5 Å². The first-order valence-electron chi connectivity index (χ1n) is 8.19. The van der Waals surface area contributed by atoms with E-state index in [4.69, 9.17) is 0 Å². The van der Waals surface area contributed by atoms with Crippen molar-refractivity contribution in [3.05, 3.63) is 50.5 Å². The van der Waals surface area contributed by atoms with Crippen molar-refractivity contribution in [3.8, 4) is 0 Å². The normalized spacial score (nSPS) is 12.3. The van der Waals surface area contributed by atoms with Crippen LogP contribution in [0.5, 0.6) is 0 Å². The van der Waals surface area contributed by atoms with Gasteiger partial charge in [0.15, 0.2) is 0 Å². The van der Waals surface area contributed by atoms with Crippen molar-refractivity contribution < 1.29 is 4.79 Å². The number of fused-ring (bicyclic) bond motifs is 1. The van der Waals surface area contributed by atoms with Crippen LogP contribution in [0.1, 0.15) is 28.8 Å². The number of aromatic nitrogens is 3. The smallest absolute Gasteiger partial charge is 0.259 e. The lowest BCUT2D eigenvalue weighted by molar-refractivity contribution is -0.115. The highest BCUT2D eigenvalue weighted by atomic mass is 32.2. The number of hydrogen-bond donors (Lipinski definition) is 2. The third-order valence-corrected chi connectivity index (χ3v) is 6.35. The van der Waals surface area contributed by atoms with E-state index < -0.39 is 0 Å². The zero-order valence-corrected chi connectivity index (χ0v) is 16.7. The number of aryl methyl sites for hydroxylation is 3. The molecule has 1 amide bonds. The molecule has 0 aliphatic rings. The van der Waals surface area contributed by atoms with Gasteiger partial charge in [0, 0.05) is 11.1 Å². The lowest BCUT2D eigenvalue weighted by atomic mass is 10.2. The topological polar surface area (TPSA) is 87.7 Å². The number of anilines is 1. The molecule has 0 bridgehead atoms. The van der Waals surface area contributed by atoms with Crippen molar-refractivity contribution in [2.75, 3.05) is 5.32 Å². The van der Waals surface area contributed by atoms with Gasteiger partial charge in [-0.3, -0.25) is 9.59 Å². The molecular weight excluding hydrogens is 368 g/mol. The minimum atomic E-state index is -0.300. The zero-order chi connectivity index (χ0) is 18.8. The minimum absolute atomic E-state index is 0.117. The third-order valence-electron chi connectivity index (χ3n) is 4.09. The highest BCUT2D eigenvalue weighted by Gasteiger charge is 2.16. The van der Waals surface area contributed by atoms with Crippen molar-refractivity contribution in [2.24, 2.45) is 0 Å². The molecule has 0 radical (unpaired) electrons. The number of thioether (sulfide) groups is 1. The van der Waals surface area contributed by atoms with Crippen LogP contribution in [0.2, 0.25) is 0 Å². The molecule has 136 valence electrons. The van der Waals surface area contributed by atoms with E-state index in [0.29, 0.717) is 22.8 Å². The molecular formula is C18H20N4O2S2. The van der Waals surface area contributed by atoms with Gasteiger partial charge in [-0.15, -0.1) is 23.1 Å². The maximum Gasteiger partial charge on any atom is 0.259 e. The van der Waals surface area contributed by atoms with Crippen molar-refractivity contribution in [3.63, 3.8) is 0 Å². The maximum absolute atomic E-state index is 12.3. The van der Waals surface area contributed by atoms with Crippen molar-refractivity contribution in [1.82, 2.24) is 15.0 Å². The van der Waals surface area contributed by atoms with Crippen LogP contribution in [0.3, 0.4) is 0 Å². The lowest BCUT2D eigenvalue weighted by Crippen LogP contribution is -2.23. The fourth-order valence-electron chi connectivity index (χ4n) is 2.42. The lowest BCUT2D eigenvalue weighted by Gasteiger charge is -2.11. The first-order valence-corrected chi connectivity index (χ1v) is 10.1. The third kappa shape index (κ3) is 3.96. The summed E-state index contributed by atoms with van der Waals surface area (Å²) in [6, 6.07) is 3.67. The summed E-state index contributed by atoms with van der Waals surface area (Å²) in [7, 11) is 0. The van der Waals surface area contributed by atoms with Gasteiger partial charge in [0.25, 0.3) is 5.56 Å². The number of carbonyl (C=O) groups excluding carboxylic acids is 1. The molecule has 0 unspecified atom stereocenters. The van der Waals surface area contributed by atoms with Gasteiger partial charge in [0.05, 0.1) is 16.4 Å². The van der Waals surface area contributed by atoms with Crippen molar-refractivity contribution >= 4 is 45.0 Å². The second-order valence-corrected chi connectivity index (χ2v) is 8.67. The number of nitrogens with one attached hydrogen (secondary N) is 2. The van der Waals surface area contributed by atoms with E-state index in [1.54, 1.807) is 12.3 Å². The fraction of sp³-hybridized carbons (Fsp3) is 0.333. The molecule has 0 spiro atoms. The van der Waals surface area contributed by atoms with Crippen LogP contribution in [0.15, 0.2) is 23.1 Å². The fourth-order valence-corrected chi connectivity index (χ4v) is 4.22. The molecule has 3 aromatic rings. The Labute approximate surface area is 159 Å². The van der Waals surface area contributed by atoms with E-state index in [1.165, 1.54) is 23.1 Å². The number of H-pyrrole nitrogens is 1. The molecule has 8 heteroatoms. The molecule has 0 saturated heterocycles. The summed E-state index contributed by atoms with van der Waals surface area (Å²) in [6.07, 6.45) is 1.71. The van der Waals surface area contributed by atoms with Gasteiger partial charge in [-0.25, -0.2) is 9.97 Å². The summed E-state index contributed by atoms with van der Waals surface area (Å²) in [4.78, 5) is 38.0. The second kappa shape index (κ2) is 7.59. The Hall–Kier alpha value is -2.19. The Morgan fingerprint density at radius 2 is 2.12 bits per heavy atom. The quantitative estimate of drug-likeness (QED) is 0.698. The summed E-state index contributed by atoms with van der Waals surface area (Å²) in [5, 5.41) is 3.16. The summed E-state index contributed by atoms with van der Waals surface area (Å²) < 4.78 is 0. The molecule has 26 heavy (non-hydrogen) atoms. The minimum Gasteiger partial charge on any atom is -0.310 e. The van der Waals surface area contributed by atoms with Gasteiger partial charge < -0.3 is 10.3 Å². The van der Waals surface area contributed by atoms with E-state index in [2.05, 4.69) is 20.3 Å². The van der Waals surface area contributed by atoms with Crippen molar-refractivity contribution in [2.45, 2.75) is 38.7 Å². The predicted octanol–water partition coefficient (Wildman–Crippen LogP) is 3.57. The van der Waals surface area contributed by atoms with Crippen LogP contribution in [-0.4, -0.2) is 26.1 Å². The van der Waals surface area contributed by atoms with Gasteiger partial charge >= 0.3 is 0 Å². The summed E-state index contributed by atoms with van der Waals surface area (Å²) in [6.45, 7) is 7.69. The van der Waals surface area contributed by atoms with Gasteiger partial charge in [0.2, 0.25) is 5.91 Å². The summed E-state index contributed by atoms with van der Waals surface area (Å²) >= 11 is 2.94. The Morgan fingerprint density at radius 3 is 2.81 bits per heavy atom. The highest BCUT2D eigenvalue weighted by Crippen LogP contribution is 2.26. The molecule has 0 fully saturated rings. The van der Waals surface area contributed by atoms with E-state index >= 15 is 0 Å². The maximum atomic E-state index is 12.3. The second-order valence-electron chi connectivity index (χ2n) is 6.14. The molecule has 0 aliphatic heterocycles. The summed E-state index contributed by atoms with van der Waals surface area (Å²) in [5.74, 6) is 1.45. The highest BCUT2D eigenvalue weighted by molar-refractivity contribution is 7.99. The average molecular weight is 389 g/mol. The Balaban J connectivity index is 1.66. The van der Waals surface area contributed by atoms with Crippen LogP contribution in [-0.2, 0) is 10.5 Å². The van der Waals surface area contributed by atoms with E-state index in [9.17, 15) is 9.59 Å². The zero-order valence-electron chi connectivity index (χ0n) is 15.0. The average Bonchev–Trinajstić information content (AvgIpc) is 2.89. The van der Waals surface area contributed by atoms with Gasteiger partial charge in [-0.2, -0.15) is 0 Å². The molecule has 3 aromatic heterocycles. The van der Waals surface area contributed by atoms with E-state index in [0.717, 1.165) is 20.8 Å². The number of hydrogen-bond acceptors (Lipinski definition) is 6. The number of carbonyl (C=O) groups is 1. The van der Waals surface area contributed by atoms with E-state index in [1.807, 2.05) is 33.8 Å². The predicted molar refractivity (Wildman–Crippen MR) is 108 cm³/mol. The Morgan fingerprint density at radius 1 is 1.35 bits per heavy atom. The van der Waals surface area contributed by atoms with Crippen LogP contribution in [0.4, 0.5) is 5.82 Å². The first kappa shape index (κ1) is 18.6. The standard InChI is InChI=1S/C18H20N4O2S2/c1-9-5-6-13(19-7-9)20-16(23)12(4)25-8-14-21-17(24)15-10(2)11(3)26-18(15)22-14/h5-7,12H,8H2,1-4H3,(H,19,20,23)(H,21,22,24)/t12-/m0/s1. The molecule has 0 saturated carbocycles. The number of aromatic amines is 1. The van der Waals surface area contributed by atoms with Crippen molar-refractivity contribution in [1.29, 1.82) is 0 Å². The SMILES string of the molecule is Cc1ccc(NC(=O)[C@H](C)SCc2nc3sc(C)c(C)c3c(=O)[nH]2)nc1. The molecule has 2 N–H and O–H groups in total. The largest absolute Gasteiger partial charge is 0.310 e. The number of rotatable bonds is 5. The van der Waals surface area contributed by atoms with Crippen LogP contribution in [0, 0.1) is 20.8 Å². The van der Waals surface area contributed by atoms with Crippen LogP contribution >= 0.6 is 23.1 Å². The molecule has 3 heterocycles. The van der Waals surface area contributed by atoms with Gasteiger partial charge in [-0.1, -0.05) is 6.07 Å². The number of nitrogens with zero attached hydrogens (tertiary/aromatic N) is 2. The molecule has 3 rings (SSSR count). The molecule has 6 nitrogen and oxygen atoms in total. The first-order chi connectivity index (χ1) is 12.3. The Kier molecular flexibility index (Phi) is 5.43. The monoisotopic (exact) mass is 388 g/mol. The molecule has 1 atom stereocenters. The van der Waals surface area contributed by atoms with E-state index in [-0.39, 0.29) is 16.7 Å². The Bertz CT molecular complexity index is 1010. The van der Waals surface area contributed by atoms with Gasteiger partial charge in [-0.05, 0) is 44.9 Å². The van der Waals surface area contributed by atoms with Crippen LogP contribution < -0.4 is 10.9 Å². The molecule has 0 aliphatic carbocycles.